The summed E-state index contributed by atoms with van der Waals surface area (Å²) in [5.41, 5.74) is 4.37. The van der Waals surface area contributed by atoms with Crippen LogP contribution in [0.15, 0.2) is 53.3 Å². The Morgan fingerprint density at radius 1 is 1.06 bits per heavy atom. The molecule has 0 fully saturated rings. The Balaban J connectivity index is 1.80. The Morgan fingerprint density at radius 3 is 2.42 bits per heavy atom. The molecule has 0 saturated heterocycles. The van der Waals surface area contributed by atoms with Crippen LogP contribution in [0.3, 0.4) is 0 Å². The normalized spacial score (nSPS) is 11.8. The molecule has 31 heavy (non-hydrogen) atoms. The van der Waals surface area contributed by atoms with Gasteiger partial charge in [0.05, 0.1) is 12.5 Å². The van der Waals surface area contributed by atoms with Crippen LogP contribution in [0.1, 0.15) is 49.5 Å². The van der Waals surface area contributed by atoms with Crippen molar-refractivity contribution in [1.82, 2.24) is 9.97 Å². The molecule has 0 aliphatic carbocycles. The highest BCUT2D eigenvalue weighted by atomic mass is 32.1. The van der Waals surface area contributed by atoms with Crippen molar-refractivity contribution in [2.24, 2.45) is 0 Å². The summed E-state index contributed by atoms with van der Waals surface area (Å²) >= 11 is 1.61. The van der Waals surface area contributed by atoms with E-state index in [0.29, 0.717) is 17.6 Å². The highest BCUT2D eigenvalue weighted by Crippen LogP contribution is 2.37. The number of hydrogen-bond donors (Lipinski definition) is 1. The summed E-state index contributed by atoms with van der Waals surface area (Å²) in [6, 6.07) is 16.4. The van der Waals surface area contributed by atoms with Crippen molar-refractivity contribution < 1.29 is 4.74 Å². The largest absolute Gasteiger partial charge is 0.496 e. The van der Waals surface area contributed by atoms with E-state index in [1.807, 2.05) is 24.3 Å². The molecule has 0 saturated carbocycles. The number of aryl methyl sites for hydroxylation is 1. The number of aromatic amines is 1. The summed E-state index contributed by atoms with van der Waals surface area (Å²) in [7, 11) is 1.65. The van der Waals surface area contributed by atoms with Crippen LogP contribution in [0.5, 0.6) is 5.75 Å². The van der Waals surface area contributed by atoms with Gasteiger partial charge < -0.3 is 9.72 Å². The van der Waals surface area contributed by atoms with Crippen molar-refractivity contribution in [1.29, 1.82) is 0 Å². The summed E-state index contributed by atoms with van der Waals surface area (Å²) in [5, 5.41) is 0.689. The Morgan fingerprint density at radius 2 is 1.77 bits per heavy atom. The third kappa shape index (κ3) is 4.15. The van der Waals surface area contributed by atoms with Crippen LogP contribution in [0.25, 0.3) is 21.3 Å². The van der Waals surface area contributed by atoms with E-state index in [-0.39, 0.29) is 11.0 Å². The quantitative estimate of drug-likeness (QED) is 0.414. The fourth-order valence-corrected chi connectivity index (χ4v) is 5.06. The molecule has 2 aromatic carbocycles. The van der Waals surface area contributed by atoms with Crippen molar-refractivity contribution in [3.63, 3.8) is 0 Å². The smallest absolute Gasteiger partial charge is 0.260 e. The van der Waals surface area contributed by atoms with Gasteiger partial charge in [-0.3, -0.25) is 4.79 Å². The predicted molar refractivity (Wildman–Crippen MR) is 130 cm³/mol. The summed E-state index contributed by atoms with van der Waals surface area (Å²) in [4.78, 5) is 23.0. The summed E-state index contributed by atoms with van der Waals surface area (Å²) in [6.45, 7) is 8.74. The summed E-state index contributed by atoms with van der Waals surface area (Å²) in [5.74, 6) is 1.45. The van der Waals surface area contributed by atoms with E-state index in [4.69, 9.17) is 9.72 Å². The first kappa shape index (κ1) is 21.3. The first-order valence-corrected chi connectivity index (χ1v) is 11.4. The van der Waals surface area contributed by atoms with Crippen LogP contribution in [0.4, 0.5) is 0 Å². The number of nitrogens with one attached hydrogen (secondary N) is 1. The Hall–Kier alpha value is -2.92. The lowest BCUT2D eigenvalue weighted by molar-refractivity contribution is 0.410. The Bertz CT molecular complexity index is 1280. The van der Waals surface area contributed by atoms with Crippen LogP contribution >= 0.6 is 11.3 Å². The number of benzene rings is 2. The third-order valence-corrected chi connectivity index (χ3v) is 6.82. The number of aromatic nitrogens is 2. The van der Waals surface area contributed by atoms with E-state index in [9.17, 15) is 4.79 Å². The minimum Gasteiger partial charge on any atom is -0.496 e. The maximum absolute atomic E-state index is 13.2. The van der Waals surface area contributed by atoms with E-state index in [0.717, 1.165) is 33.7 Å². The second kappa shape index (κ2) is 8.31. The van der Waals surface area contributed by atoms with Gasteiger partial charge in [-0.15, -0.1) is 11.3 Å². The molecule has 5 heteroatoms. The van der Waals surface area contributed by atoms with Crippen LogP contribution in [-0.2, 0) is 18.3 Å². The molecule has 0 spiro atoms. The minimum absolute atomic E-state index is 0.0826. The van der Waals surface area contributed by atoms with Gasteiger partial charge in [-0.05, 0) is 29.0 Å². The summed E-state index contributed by atoms with van der Waals surface area (Å²) in [6.07, 6.45) is 1.38. The molecule has 0 bridgehead atoms. The van der Waals surface area contributed by atoms with Crippen molar-refractivity contribution in [3.05, 3.63) is 80.7 Å². The Labute approximate surface area is 187 Å². The lowest BCUT2D eigenvalue weighted by Crippen LogP contribution is -2.12. The van der Waals surface area contributed by atoms with Gasteiger partial charge in [0, 0.05) is 22.4 Å². The van der Waals surface area contributed by atoms with Gasteiger partial charge in [0.1, 0.15) is 16.4 Å². The fourth-order valence-electron chi connectivity index (χ4n) is 3.90. The second-order valence-corrected chi connectivity index (χ2v) is 9.85. The molecule has 0 radical (unpaired) electrons. The van der Waals surface area contributed by atoms with Crippen molar-refractivity contribution in [2.75, 3.05) is 7.11 Å². The molecule has 0 aliphatic heterocycles. The zero-order valence-corrected chi connectivity index (χ0v) is 19.5. The first-order chi connectivity index (χ1) is 14.8. The molecular weight excluding hydrogens is 404 g/mol. The van der Waals surface area contributed by atoms with Gasteiger partial charge >= 0.3 is 0 Å². The van der Waals surface area contributed by atoms with Gasteiger partial charge in [0.2, 0.25) is 0 Å². The Kier molecular flexibility index (Phi) is 5.71. The zero-order chi connectivity index (χ0) is 22.2. The lowest BCUT2D eigenvalue weighted by Gasteiger charge is -2.19. The summed E-state index contributed by atoms with van der Waals surface area (Å²) < 4.78 is 5.45. The molecule has 0 unspecified atom stereocenters. The van der Waals surface area contributed by atoms with Crippen LogP contribution in [0.2, 0.25) is 0 Å². The molecule has 160 valence electrons. The van der Waals surface area contributed by atoms with Gasteiger partial charge in [0.15, 0.2) is 0 Å². The standard InChI is InChI=1S/C26H28N2O2S/c1-6-20-22(16-11-13-18(14-12-16)26(2,3)4)23-24(29)27-21(28-25(23)31-20)15-17-9-7-8-10-19(17)30-5/h7-14H,6,15H2,1-5H3,(H,27,28,29). The van der Waals surface area contributed by atoms with Crippen molar-refractivity contribution >= 4 is 21.6 Å². The number of nitrogens with zero attached hydrogens (tertiary/aromatic N) is 1. The topological polar surface area (TPSA) is 55.0 Å². The highest BCUT2D eigenvalue weighted by molar-refractivity contribution is 7.19. The molecule has 4 rings (SSSR count). The number of methoxy groups -OCH3 is 1. The molecule has 2 aromatic heterocycles. The van der Waals surface area contributed by atoms with E-state index in [1.54, 1.807) is 18.4 Å². The average Bonchev–Trinajstić information content (AvgIpc) is 3.12. The van der Waals surface area contributed by atoms with Gasteiger partial charge in [-0.25, -0.2) is 4.98 Å². The third-order valence-electron chi connectivity index (χ3n) is 5.60. The number of hydrogen-bond acceptors (Lipinski definition) is 4. The highest BCUT2D eigenvalue weighted by Gasteiger charge is 2.20. The average molecular weight is 433 g/mol. The van der Waals surface area contributed by atoms with Crippen LogP contribution in [-0.4, -0.2) is 17.1 Å². The molecule has 4 aromatic rings. The first-order valence-electron chi connectivity index (χ1n) is 10.6. The number of para-hydroxylation sites is 1. The molecule has 4 nitrogen and oxygen atoms in total. The van der Waals surface area contributed by atoms with Gasteiger partial charge in [-0.1, -0.05) is 70.2 Å². The van der Waals surface area contributed by atoms with Crippen LogP contribution in [0, 0.1) is 0 Å². The minimum atomic E-state index is -0.0826. The number of fused-ring (bicyclic) bond motifs is 1. The monoisotopic (exact) mass is 432 g/mol. The lowest BCUT2D eigenvalue weighted by atomic mass is 9.86. The molecule has 2 heterocycles. The van der Waals surface area contributed by atoms with E-state index in [1.165, 1.54) is 10.4 Å². The SMILES string of the molecule is CCc1sc2nc(Cc3ccccc3OC)[nH]c(=O)c2c1-c1ccc(C(C)(C)C)cc1. The molecule has 1 N–H and O–H groups in total. The van der Waals surface area contributed by atoms with Gasteiger partial charge in [-0.2, -0.15) is 0 Å². The van der Waals surface area contributed by atoms with Crippen LogP contribution < -0.4 is 10.3 Å². The second-order valence-electron chi connectivity index (χ2n) is 8.76. The molecule has 0 aliphatic rings. The van der Waals surface area contributed by atoms with E-state index < -0.39 is 0 Å². The molecule has 0 atom stereocenters. The molecular formula is C26H28N2O2S. The van der Waals surface area contributed by atoms with Crippen molar-refractivity contribution in [3.8, 4) is 16.9 Å². The fraction of sp³-hybridized carbons (Fsp3) is 0.308. The maximum Gasteiger partial charge on any atom is 0.260 e. The van der Waals surface area contributed by atoms with E-state index >= 15 is 0 Å². The number of rotatable bonds is 5. The van der Waals surface area contributed by atoms with Crippen molar-refractivity contribution in [2.45, 2.75) is 46.0 Å². The maximum atomic E-state index is 13.2. The number of H-pyrrole nitrogens is 1. The van der Waals surface area contributed by atoms with Gasteiger partial charge in [0.25, 0.3) is 5.56 Å². The predicted octanol–water partition coefficient (Wildman–Crippen LogP) is 6.11. The molecule has 0 amide bonds. The van der Waals surface area contributed by atoms with E-state index in [2.05, 4.69) is 56.9 Å². The zero-order valence-electron chi connectivity index (χ0n) is 18.7. The number of ether oxygens (including phenoxy) is 1. The number of thiophene rings is 1.